The third kappa shape index (κ3) is 6.44. The van der Waals surface area contributed by atoms with Crippen LogP contribution in [0.4, 0.5) is 0 Å². The van der Waals surface area contributed by atoms with Crippen LogP contribution in [0.3, 0.4) is 0 Å². The molecule has 0 radical (unpaired) electrons. The molecule has 4 N–H and O–H groups in total. The van der Waals surface area contributed by atoms with E-state index in [0.717, 1.165) is 25.8 Å². The first kappa shape index (κ1) is 13.4. The third-order valence-corrected chi connectivity index (χ3v) is 1.79. The summed E-state index contributed by atoms with van der Waals surface area (Å²) < 4.78 is 0. The van der Waals surface area contributed by atoms with Crippen LogP contribution >= 0.6 is 0 Å². The van der Waals surface area contributed by atoms with Crippen molar-refractivity contribution in [2.24, 2.45) is 0 Å². The molecule has 1 rings (SSSR count). The van der Waals surface area contributed by atoms with Gasteiger partial charge in [-0.1, -0.05) is 6.42 Å². The first-order valence-corrected chi connectivity index (χ1v) is 4.37. The summed E-state index contributed by atoms with van der Waals surface area (Å²) in [5.74, 6) is -4.36. The minimum Gasteiger partial charge on any atom is -0.480 e. The van der Waals surface area contributed by atoms with Crippen LogP contribution in [0.2, 0.25) is 0 Å². The van der Waals surface area contributed by atoms with Gasteiger partial charge in [-0.15, -0.1) is 0 Å². The van der Waals surface area contributed by atoms with Crippen molar-refractivity contribution in [3.05, 3.63) is 0 Å². The molecule has 1 fully saturated rings. The van der Waals surface area contributed by atoms with Gasteiger partial charge in [0.25, 0.3) is 0 Å². The average molecular weight is 219 g/mol. The molecule has 1 atom stereocenters. The highest BCUT2D eigenvalue weighted by molar-refractivity contribution is 6.27. The quantitative estimate of drug-likeness (QED) is 0.433. The number of hydrogen-bond donors (Lipinski definition) is 4. The van der Waals surface area contributed by atoms with Crippen molar-refractivity contribution in [1.29, 1.82) is 0 Å². The number of aliphatic carboxylic acids is 3. The summed E-state index contributed by atoms with van der Waals surface area (Å²) in [5.41, 5.74) is 0. The monoisotopic (exact) mass is 219 g/mol. The van der Waals surface area contributed by atoms with E-state index >= 15 is 0 Å². The summed E-state index contributed by atoms with van der Waals surface area (Å²) in [6, 6.07) is -0.279. The standard InChI is InChI=1S/C6H11NO2.C2H2O4/c8-6(9)5-3-1-2-4-7-5;3-1(4)2(5)6/h5,7H,1-4H2,(H,8,9);(H,3,4)(H,5,6). The SMILES string of the molecule is O=C(O)C(=O)O.O=C(O)C1CCCCN1. The fraction of sp³-hybridized carbons (Fsp3) is 0.625. The first-order valence-electron chi connectivity index (χ1n) is 4.37. The summed E-state index contributed by atoms with van der Waals surface area (Å²) >= 11 is 0. The lowest BCUT2D eigenvalue weighted by atomic mass is 10.1. The van der Waals surface area contributed by atoms with Gasteiger partial charge in [-0.3, -0.25) is 4.79 Å². The maximum absolute atomic E-state index is 10.3. The topological polar surface area (TPSA) is 124 Å². The highest BCUT2D eigenvalue weighted by atomic mass is 16.4. The van der Waals surface area contributed by atoms with Crippen LogP contribution in [-0.4, -0.2) is 45.8 Å². The fourth-order valence-electron chi connectivity index (χ4n) is 1.06. The molecule has 0 bridgehead atoms. The average Bonchev–Trinajstić information content (AvgIpc) is 2.20. The number of hydrogen-bond acceptors (Lipinski definition) is 4. The zero-order chi connectivity index (χ0) is 11.8. The van der Waals surface area contributed by atoms with Crippen molar-refractivity contribution in [3.63, 3.8) is 0 Å². The Balaban J connectivity index is 0.000000288. The number of carboxylic acids is 3. The number of piperidine rings is 1. The summed E-state index contributed by atoms with van der Waals surface area (Å²) in [4.78, 5) is 28.5. The van der Waals surface area contributed by atoms with Crippen LogP contribution < -0.4 is 5.32 Å². The van der Waals surface area contributed by atoms with Crippen molar-refractivity contribution in [1.82, 2.24) is 5.32 Å². The molecule has 1 saturated heterocycles. The number of carboxylic acid groups (broad SMARTS) is 3. The van der Waals surface area contributed by atoms with E-state index in [1.807, 2.05) is 0 Å². The van der Waals surface area contributed by atoms with Gasteiger partial charge in [-0.25, -0.2) is 9.59 Å². The molecule has 1 aliphatic heterocycles. The van der Waals surface area contributed by atoms with Gasteiger partial charge in [0.15, 0.2) is 0 Å². The molecule has 0 spiro atoms. The van der Waals surface area contributed by atoms with Gasteiger partial charge in [-0.2, -0.15) is 0 Å². The van der Waals surface area contributed by atoms with Gasteiger partial charge in [0.05, 0.1) is 0 Å². The number of nitrogens with one attached hydrogen (secondary N) is 1. The smallest absolute Gasteiger partial charge is 0.414 e. The lowest BCUT2D eigenvalue weighted by molar-refractivity contribution is -0.159. The Morgan fingerprint density at radius 1 is 1.00 bits per heavy atom. The Labute approximate surface area is 85.7 Å². The molecule has 1 unspecified atom stereocenters. The van der Waals surface area contributed by atoms with Crippen molar-refractivity contribution < 1.29 is 29.7 Å². The minimum absolute atomic E-state index is 0.279. The molecular weight excluding hydrogens is 206 g/mol. The van der Waals surface area contributed by atoms with Crippen LogP contribution in [0.5, 0.6) is 0 Å². The highest BCUT2D eigenvalue weighted by Crippen LogP contribution is 2.05. The Morgan fingerprint density at radius 2 is 1.53 bits per heavy atom. The van der Waals surface area contributed by atoms with E-state index in [1.54, 1.807) is 0 Å². The maximum atomic E-state index is 10.3. The number of rotatable bonds is 1. The van der Waals surface area contributed by atoms with Crippen LogP contribution in [0.1, 0.15) is 19.3 Å². The predicted octanol–water partition coefficient (Wildman–Crippen LogP) is -0.631. The van der Waals surface area contributed by atoms with E-state index in [-0.39, 0.29) is 6.04 Å². The van der Waals surface area contributed by atoms with Crippen LogP contribution in [-0.2, 0) is 14.4 Å². The summed E-state index contributed by atoms with van der Waals surface area (Å²) in [7, 11) is 0. The summed E-state index contributed by atoms with van der Waals surface area (Å²) in [5, 5.41) is 26.2. The minimum atomic E-state index is -1.82. The zero-order valence-electron chi connectivity index (χ0n) is 7.97. The largest absolute Gasteiger partial charge is 0.480 e. The van der Waals surface area contributed by atoms with E-state index < -0.39 is 17.9 Å². The lowest BCUT2D eigenvalue weighted by Crippen LogP contribution is -2.40. The van der Waals surface area contributed by atoms with Crippen molar-refractivity contribution in [3.8, 4) is 0 Å². The molecule has 0 aromatic carbocycles. The molecule has 0 saturated carbocycles. The molecule has 0 amide bonds. The molecule has 1 heterocycles. The van der Waals surface area contributed by atoms with Gasteiger partial charge in [0.2, 0.25) is 0 Å². The Kier molecular flexibility index (Phi) is 6.03. The molecule has 0 aliphatic carbocycles. The van der Waals surface area contributed by atoms with E-state index in [4.69, 9.17) is 24.9 Å². The second-order valence-corrected chi connectivity index (χ2v) is 2.95. The molecule has 86 valence electrons. The van der Waals surface area contributed by atoms with Gasteiger partial charge in [0.1, 0.15) is 6.04 Å². The van der Waals surface area contributed by atoms with Gasteiger partial charge in [-0.05, 0) is 19.4 Å². The fourth-order valence-corrected chi connectivity index (χ4v) is 1.06. The molecule has 0 aromatic heterocycles. The second-order valence-electron chi connectivity index (χ2n) is 2.95. The Hall–Kier alpha value is -1.63. The van der Waals surface area contributed by atoms with Crippen molar-refractivity contribution >= 4 is 17.9 Å². The summed E-state index contributed by atoms with van der Waals surface area (Å²) in [6.45, 7) is 0.858. The molecular formula is C8H13NO6. The van der Waals surface area contributed by atoms with E-state index in [9.17, 15) is 4.79 Å². The van der Waals surface area contributed by atoms with Crippen molar-refractivity contribution in [2.45, 2.75) is 25.3 Å². The molecule has 7 nitrogen and oxygen atoms in total. The predicted molar refractivity (Wildman–Crippen MR) is 48.5 cm³/mol. The Morgan fingerprint density at radius 3 is 1.73 bits per heavy atom. The van der Waals surface area contributed by atoms with E-state index in [0.29, 0.717) is 0 Å². The maximum Gasteiger partial charge on any atom is 0.414 e. The molecule has 15 heavy (non-hydrogen) atoms. The Bertz CT molecular complexity index is 234. The van der Waals surface area contributed by atoms with E-state index in [2.05, 4.69) is 5.32 Å². The highest BCUT2D eigenvalue weighted by Gasteiger charge is 2.18. The van der Waals surface area contributed by atoms with Gasteiger partial charge in [0, 0.05) is 0 Å². The van der Waals surface area contributed by atoms with Gasteiger partial charge >= 0.3 is 17.9 Å². The van der Waals surface area contributed by atoms with Gasteiger partial charge < -0.3 is 20.6 Å². The third-order valence-electron chi connectivity index (χ3n) is 1.79. The first-order chi connectivity index (χ1) is 6.95. The van der Waals surface area contributed by atoms with Crippen LogP contribution in [0.15, 0.2) is 0 Å². The number of carbonyl (C=O) groups is 3. The lowest BCUT2D eigenvalue weighted by Gasteiger charge is -2.18. The molecule has 7 heteroatoms. The summed E-state index contributed by atoms with van der Waals surface area (Å²) in [6.07, 6.45) is 2.95. The van der Waals surface area contributed by atoms with Crippen LogP contribution in [0.25, 0.3) is 0 Å². The van der Waals surface area contributed by atoms with Crippen LogP contribution in [0, 0.1) is 0 Å². The second kappa shape index (κ2) is 6.77. The zero-order valence-corrected chi connectivity index (χ0v) is 7.97. The van der Waals surface area contributed by atoms with E-state index in [1.165, 1.54) is 0 Å². The molecule has 1 aliphatic rings. The molecule has 0 aromatic rings. The normalized spacial score (nSPS) is 19.6. The van der Waals surface area contributed by atoms with Crippen molar-refractivity contribution in [2.75, 3.05) is 6.54 Å².